The van der Waals surface area contributed by atoms with Crippen LogP contribution in [-0.2, 0) is 0 Å². The summed E-state index contributed by atoms with van der Waals surface area (Å²) in [6.45, 7) is 0. The number of hydrogen-bond acceptors (Lipinski definition) is 4. The number of hydrogen-bond donors (Lipinski definition) is 2. The zero-order valence-corrected chi connectivity index (χ0v) is 15.4. The lowest BCUT2D eigenvalue weighted by molar-refractivity contribution is 0.0888. The van der Waals surface area contributed by atoms with Crippen LogP contribution in [-0.4, -0.2) is 29.3 Å². The molecule has 0 saturated carbocycles. The Morgan fingerprint density at radius 3 is 2.60 bits per heavy atom. The van der Waals surface area contributed by atoms with Gasteiger partial charge in [-0.25, -0.2) is 0 Å². The lowest BCUT2D eigenvalue weighted by atomic mass is 10.0. The molecule has 0 spiro atoms. The summed E-state index contributed by atoms with van der Waals surface area (Å²) in [6, 6.07) is 13.5. The van der Waals surface area contributed by atoms with Gasteiger partial charge in [-0.15, -0.1) is 11.8 Å². The topological polar surface area (TPSA) is 71.5 Å². The molecule has 0 fully saturated rings. The number of rotatable bonds is 3. The minimum absolute atomic E-state index is 0.0901. The maximum absolute atomic E-state index is 12.4. The standard InChI is InChI=1S/C18H17N3O2S2/c1-21(18(19)24)20-17(22)12-5-8-16-14(9-12)15(10-23-16)11-3-6-13(25-2)7-4-11/h3-10H,1-2H3,(H2,19,24)(H,20,22). The second kappa shape index (κ2) is 7.16. The largest absolute Gasteiger partial charge is 0.464 e. The molecule has 0 saturated heterocycles. The Morgan fingerprint density at radius 1 is 1.24 bits per heavy atom. The molecular weight excluding hydrogens is 354 g/mol. The average Bonchev–Trinajstić information content (AvgIpc) is 3.04. The van der Waals surface area contributed by atoms with Crippen LogP contribution < -0.4 is 11.2 Å². The van der Waals surface area contributed by atoms with E-state index in [0.717, 1.165) is 22.1 Å². The fourth-order valence-corrected chi connectivity index (χ4v) is 2.89. The van der Waals surface area contributed by atoms with Crippen molar-refractivity contribution in [3.05, 3.63) is 54.3 Å². The average molecular weight is 371 g/mol. The monoisotopic (exact) mass is 371 g/mol. The zero-order chi connectivity index (χ0) is 18.0. The van der Waals surface area contributed by atoms with E-state index < -0.39 is 0 Å². The molecule has 7 heteroatoms. The molecule has 1 amide bonds. The number of thiocarbonyl (C=S) groups is 1. The molecule has 0 aliphatic heterocycles. The molecule has 0 aliphatic rings. The van der Waals surface area contributed by atoms with Gasteiger partial charge in [-0.2, -0.15) is 0 Å². The first-order valence-corrected chi connectivity index (χ1v) is 9.12. The van der Waals surface area contributed by atoms with E-state index in [1.54, 1.807) is 43.3 Å². The predicted octanol–water partition coefficient (Wildman–Crippen LogP) is 3.64. The van der Waals surface area contributed by atoms with Crippen molar-refractivity contribution in [1.29, 1.82) is 0 Å². The Labute approximate surface area is 155 Å². The molecule has 2 aromatic carbocycles. The lowest BCUT2D eigenvalue weighted by Crippen LogP contribution is -2.45. The number of benzene rings is 2. The molecule has 3 N–H and O–H groups in total. The molecule has 3 aromatic rings. The van der Waals surface area contributed by atoms with E-state index in [9.17, 15) is 4.79 Å². The number of nitrogens with one attached hydrogen (secondary N) is 1. The quantitative estimate of drug-likeness (QED) is 0.416. The van der Waals surface area contributed by atoms with Gasteiger partial charge in [-0.3, -0.25) is 15.2 Å². The summed E-state index contributed by atoms with van der Waals surface area (Å²) in [7, 11) is 1.59. The molecule has 1 aromatic heterocycles. The highest BCUT2D eigenvalue weighted by atomic mass is 32.2. The maximum atomic E-state index is 12.4. The van der Waals surface area contributed by atoms with E-state index in [1.165, 1.54) is 9.90 Å². The molecule has 25 heavy (non-hydrogen) atoms. The van der Waals surface area contributed by atoms with Crippen LogP contribution in [0.1, 0.15) is 10.4 Å². The Kier molecular flexibility index (Phi) is 4.96. The van der Waals surface area contributed by atoms with Gasteiger partial charge in [0.2, 0.25) is 0 Å². The molecule has 3 rings (SSSR count). The summed E-state index contributed by atoms with van der Waals surface area (Å²) >= 11 is 6.52. The summed E-state index contributed by atoms with van der Waals surface area (Å²) in [4.78, 5) is 13.5. The highest BCUT2D eigenvalue weighted by Gasteiger charge is 2.13. The van der Waals surface area contributed by atoms with Gasteiger partial charge in [0.1, 0.15) is 5.58 Å². The van der Waals surface area contributed by atoms with Gasteiger partial charge in [0.05, 0.1) is 6.26 Å². The number of nitrogens with zero attached hydrogens (tertiary/aromatic N) is 1. The smallest absolute Gasteiger partial charge is 0.269 e. The van der Waals surface area contributed by atoms with Gasteiger partial charge in [0.15, 0.2) is 5.11 Å². The first-order chi connectivity index (χ1) is 12.0. The van der Waals surface area contributed by atoms with E-state index in [2.05, 4.69) is 17.6 Å². The SMILES string of the molecule is CSc1ccc(-c2coc3ccc(C(=O)NN(C)C(N)=S)cc23)cc1. The highest BCUT2D eigenvalue weighted by molar-refractivity contribution is 7.98. The van der Waals surface area contributed by atoms with Crippen LogP contribution in [0.3, 0.4) is 0 Å². The molecule has 0 aliphatic carbocycles. The third-order valence-corrected chi connectivity index (χ3v) is 4.85. The van der Waals surface area contributed by atoms with E-state index in [1.807, 2.05) is 18.4 Å². The first-order valence-electron chi connectivity index (χ1n) is 7.49. The van der Waals surface area contributed by atoms with Crippen molar-refractivity contribution in [2.24, 2.45) is 5.73 Å². The molecule has 0 bridgehead atoms. The number of nitrogens with two attached hydrogens (primary N) is 1. The molecule has 0 atom stereocenters. The first kappa shape index (κ1) is 17.3. The van der Waals surface area contributed by atoms with Crippen LogP contribution in [0.4, 0.5) is 0 Å². The van der Waals surface area contributed by atoms with Crippen LogP contribution in [0.5, 0.6) is 0 Å². The second-order valence-corrected chi connectivity index (χ2v) is 6.72. The van der Waals surface area contributed by atoms with E-state index >= 15 is 0 Å². The van der Waals surface area contributed by atoms with E-state index in [0.29, 0.717) is 5.56 Å². The number of amides is 1. The third kappa shape index (κ3) is 3.62. The zero-order valence-electron chi connectivity index (χ0n) is 13.8. The Bertz CT molecular complexity index is 935. The van der Waals surface area contributed by atoms with Crippen LogP contribution in [0.15, 0.2) is 58.0 Å². The van der Waals surface area contributed by atoms with Gasteiger partial charge in [0.25, 0.3) is 5.91 Å². The van der Waals surface area contributed by atoms with E-state index in [4.69, 9.17) is 22.4 Å². The van der Waals surface area contributed by atoms with Crippen molar-refractivity contribution in [2.45, 2.75) is 4.90 Å². The summed E-state index contributed by atoms with van der Waals surface area (Å²) in [6.07, 6.45) is 3.75. The number of carbonyl (C=O) groups excluding carboxylic acids is 1. The van der Waals surface area contributed by atoms with Crippen molar-refractivity contribution < 1.29 is 9.21 Å². The maximum Gasteiger partial charge on any atom is 0.269 e. The summed E-state index contributed by atoms with van der Waals surface area (Å²) < 4.78 is 5.63. The molecule has 1 heterocycles. The summed E-state index contributed by atoms with van der Waals surface area (Å²) in [5.41, 5.74) is 11.3. The summed E-state index contributed by atoms with van der Waals surface area (Å²) in [5, 5.41) is 2.27. The predicted molar refractivity (Wildman–Crippen MR) is 105 cm³/mol. The third-order valence-electron chi connectivity index (χ3n) is 3.84. The van der Waals surface area contributed by atoms with Crippen molar-refractivity contribution in [1.82, 2.24) is 10.4 Å². The highest BCUT2D eigenvalue weighted by Crippen LogP contribution is 2.32. The van der Waals surface area contributed by atoms with Gasteiger partial charge >= 0.3 is 0 Å². The number of thioether (sulfide) groups is 1. The molecule has 5 nitrogen and oxygen atoms in total. The van der Waals surface area contributed by atoms with Gasteiger partial charge in [-0.1, -0.05) is 12.1 Å². The van der Waals surface area contributed by atoms with Gasteiger partial charge in [0, 0.05) is 28.5 Å². The minimum Gasteiger partial charge on any atom is -0.464 e. The van der Waals surface area contributed by atoms with E-state index in [-0.39, 0.29) is 11.0 Å². The molecule has 0 unspecified atom stereocenters. The molecular formula is C18H17N3O2S2. The second-order valence-electron chi connectivity index (χ2n) is 5.43. The molecule has 0 radical (unpaired) electrons. The fraction of sp³-hybridized carbons (Fsp3) is 0.111. The number of fused-ring (bicyclic) bond motifs is 1. The van der Waals surface area contributed by atoms with Crippen molar-refractivity contribution in [2.75, 3.05) is 13.3 Å². The van der Waals surface area contributed by atoms with Crippen LogP contribution in [0.25, 0.3) is 22.1 Å². The lowest BCUT2D eigenvalue weighted by Gasteiger charge is -2.17. The fourth-order valence-electron chi connectivity index (χ4n) is 2.44. The van der Waals surface area contributed by atoms with Crippen LogP contribution >= 0.6 is 24.0 Å². The van der Waals surface area contributed by atoms with Crippen molar-refractivity contribution in [3.8, 4) is 11.1 Å². The Morgan fingerprint density at radius 2 is 1.96 bits per heavy atom. The van der Waals surface area contributed by atoms with Crippen LogP contribution in [0.2, 0.25) is 0 Å². The van der Waals surface area contributed by atoms with Crippen molar-refractivity contribution in [3.63, 3.8) is 0 Å². The van der Waals surface area contributed by atoms with Crippen molar-refractivity contribution >= 4 is 46.0 Å². The number of furan rings is 1. The van der Waals surface area contributed by atoms with Gasteiger partial charge < -0.3 is 10.2 Å². The van der Waals surface area contributed by atoms with Gasteiger partial charge in [-0.05, 0) is 54.4 Å². The molecule has 128 valence electrons. The normalized spacial score (nSPS) is 10.6. The number of hydrazine groups is 1. The Balaban J connectivity index is 1.96. The Hall–Kier alpha value is -2.51. The summed E-state index contributed by atoms with van der Waals surface area (Å²) in [5.74, 6) is -0.290. The van der Waals surface area contributed by atoms with Crippen LogP contribution in [0, 0.1) is 0 Å². The minimum atomic E-state index is -0.290. The number of carbonyl (C=O) groups is 1.